The van der Waals surface area contributed by atoms with Gasteiger partial charge in [0.1, 0.15) is 5.82 Å². The molecule has 0 unspecified atom stereocenters. The molecule has 2 amide bonds. The van der Waals surface area contributed by atoms with Crippen LogP contribution >= 0.6 is 0 Å². The highest BCUT2D eigenvalue weighted by Gasteiger charge is 2.03. The third-order valence-electron chi connectivity index (χ3n) is 2.81. The van der Waals surface area contributed by atoms with Gasteiger partial charge in [-0.3, -0.25) is 9.59 Å². The highest BCUT2D eigenvalue weighted by Crippen LogP contribution is 2.01. The van der Waals surface area contributed by atoms with Gasteiger partial charge in [0.05, 0.1) is 0 Å². The van der Waals surface area contributed by atoms with Gasteiger partial charge in [0.15, 0.2) is 0 Å². The predicted octanol–water partition coefficient (Wildman–Crippen LogP) is 2.24. The van der Waals surface area contributed by atoms with Crippen LogP contribution in [0.4, 0.5) is 5.82 Å². The number of hydrogen-bond acceptors (Lipinski definition) is 3. The molecule has 5 nitrogen and oxygen atoms in total. The van der Waals surface area contributed by atoms with Gasteiger partial charge in [-0.25, -0.2) is 4.98 Å². The molecule has 0 radical (unpaired) electrons. The Morgan fingerprint density at radius 2 is 1.82 bits per heavy atom. The van der Waals surface area contributed by atoms with Crippen molar-refractivity contribution in [1.82, 2.24) is 10.3 Å². The molecule has 0 saturated carbocycles. The molecule has 0 spiro atoms. The molecule has 0 aliphatic rings. The lowest BCUT2D eigenvalue weighted by atomic mass is 10.2. The lowest BCUT2D eigenvalue weighted by Gasteiger charge is -2.04. The van der Waals surface area contributed by atoms with E-state index in [0.29, 0.717) is 5.82 Å². The van der Waals surface area contributed by atoms with E-state index < -0.39 is 0 Å². The van der Waals surface area contributed by atoms with E-state index in [1.165, 1.54) is 6.08 Å². The standard InChI is InChI=1S/C17H17N3O2/c21-16(10-9-14-6-2-1-3-7-14)19-13-11-17(22)20-15-8-4-5-12-18-15/h1-10,12H,11,13H2,(H,19,21)(H,18,20,22). The Labute approximate surface area is 129 Å². The number of carbonyl (C=O) groups is 2. The number of nitrogens with one attached hydrogen (secondary N) is 2. The van der Waals surface area contributed by atoms with E-state index in [2.05, 4.69) is 15.6 Å². The van der Waals surface area contributed by atoms with Crippen LogP contribution in [0.5, 0.6) is 0 Å². The number of hydrogen-bond donors (Lipinski definition) is 2. The van der Waals surface area contributed by atoms with Crippen LogP contribution in [0.3, 0.4) is 0 Å². The highest BCUT2D eigenvalue weighted by molar-refractivity contribution is 5.93. The monoisotopic (exact) mass is 295 g/mol. The molecule has 1 aromatic carbocycles. The zero-order chi connectivity index (χ0) is 15.6. The molecular formula is C17H17N3O2. The first-order chi connectivity index (χ1) is 10.7. The summed E-state index contributed by atoms with van der Waals surface area (Å²) in [5, 5.41) is 5.32. The number of anilines is 1. The minimum Gasteiger partial charge on any atom is -0.352 e. The number of benzene rings is 1. The van der Waals surface area contributed by atoms with Gasteiger partial charge >= 0.3 is 0 Å². The maximum Gasteiger partial charge on any atom is 0.244 e. The Hall–Kier alpha value is -2.95. The third kappa shape index (κ3) is 5.58. The van der Waals surface area contributed by atoms with Crippen molar-refractivity contribution in [2.45, 2.75) is 6.42 Å². The molecule has 0 aliphatic heterocycles. The first kappa shape index (κ1) is 15.4. The van der Waals surface area contributed by atoms with Crippen molar-refractivity contribution in [2.75, 3.05) is 11.9 Å². The van der Waals surface area contributed by atoms with Crippen LogP contribution in [-0.4, -0.2) is 23.3 Å². The first-order valence-electron chi connectivity index (χ1n) is 6.96. The van der Waals surface area contributed by atoms with Crippen LogP contribution in [0, 0.1) is 0 Å². The molecule has 0 saturated heterocycles. The van der Waals surface area contributed by atoms with Crippen LogP contribution in [0.15, 0.2) is 60.8 Å². The normalized spacial score (nSPS) is 10.4. The Bertz CT molecular complexity index is 639. The van der Waals surface area contributed by atoms with E-state index in [1.807, 2.05) is 30.3 Å². The first-order valence-corrected chi connectivity index (χ1v) is 6.96. The van der Waals surface area contributed by atoms with Crippen molar-refractivity contribution in [1.29, 1.82) is 0 Å². The summed E-state index contributed by atoms with van der Waals surface area (Å²) in [5.41, 5.74) is 0.950. The van der Waals surface area contributed by atoms with Crippen molar-refractivity contribution in [3.05, 3.63) is 66.4 Å². The minimum atomic E-state index is -0.227. The summed E-state index contributed by atoms with van der Waals surface area (Å²) < 4.78 is 0. The molecule has 5 heteroatoms. The molecule has 112 valence electrons. The number of aromatic nitrogens is 1. The molecule has 0 atom stereocenters. The molecule has 2 N–H and O–H groups in total. The Morgan fingerprint density at radius 3 is 2.55 bits per heavy atom. The smallest absolute Gasteiger partial charge is 0.244 e. The van der Waals surface area contributed by atoms with Crippen LogP contribution in [0.2, 0.25) is 0 Å². The summed E-state index contributed by atoms with van der Waals surface area (Å²) >= 11 is 0. The van der Waals surface area contributed by atoms with Crippen molar-refractivity contribution in [2.24, 2.45) is 0 Å². The summed E-state index contributed by atoms with van der Waals surface area (Å²) in [4.78, 5) is 27.3. The van der Waals surface area contributed by atoms with E-state index in [9.17, 15) is 9.59 Å². The maximum absolute atomic E-state index is 11.7. The van der Waals surface area contributed by atoms with Gasteiger partial charge in [0.25, 0.3) is 0 Å². The predicted molar refractivity (Wildman–Crippen MR) is 86.0 cm³/mol. The van der Waals surface area contributed by atoms with Gasteiger partial charge in [0, 0.05) is 25.2 Å². The summed E-state index contributed by atoms with van der Waals surface area (Å²) in [6, 6.07) is 14.8. The average molecular weight is 295 g/mol. The van der Waals surface area contributed by atoms with Gasteiger partial charge in [-0.1, -0.05) is 36.4 Å². The number of rotatable bonds is 6. The van der Waals surface area contributed by atoms with Gasteiger partial charge < -0.3 is 10.6 Å². The Morgan fingerprint density at radius 1 is 1.05 bits per heavy atom. The number of carbonyl (C=O) groups excluding carboxylic acids is 2. The van der Waals surface area contributed by atoms with E-state index in [4.69, 9.17) is 0 Å². The quantitative estimate of drug-likeness (QED) is 0.803. The fourth-order valence-corrected chi connectivity index (χ4v) is 1.74. The van der Waals surface area contributed by atoms with E-state index in [1.54, 1.807) is 30.5 Å². The summed E-state index contributed by atoms with van der Waals surface area (Å²) in [6.45, 7) is 0.274. The van der Waals surface area contributed by atoms with Crippen LogP contribution in [0.25, 0.3) is 6.08 Å². The minimum absolute atomic E-state index is 0.189. The second-order valence-corrected chi connectivity index (χ2v) is 4.55. The molecule has 2 aromatic rings. The molecule has 22 heavy (non-hydrogen) atoms. The summed E-state index contributed by atoms with van der Waals surface area (Å²) in [6.07, 6.45) is 4.97. The van der Waals surface area contributed by atoms with Crippen LogP contribution < -0.4 is 10.6 Å². The van der Waals surface area contributed by atoms with E-state index in [-0.39, 0.29) is 24.8 Å². The molecule has 1 heterocycles. The average Bonchev–Trinajstić information content (AvgIpc) is 2.55. The zero-order valence-electron chi connectivity index (χ0n) is 12.0. The largest absolute Gasteiger partial charge is 0.352 e. The van der Waals surface area contributed by atoms with Crippen molar-refractivity contribution in [3.63, 3.8) is 0 Å². The summed E-state index contributed by atoms with van der Waals surface area (Å²) in [7, 11) is 0. The summed E-state index contributed by atoms with van der Waals surface area (Å²) in [5.74, 6) is 0.0864. The lowest BCUT2D eigenvalue weighted by Crippen LogP contribution is -2.26. The Kier molecular flexibility index (Phi) is 5.87. The molecule has 0 fully saturated rings. The molecule has 2 rings (SSSR count). The van der Waals surface area contributed by atoms with E-state index >= 15 is 0 Å². The van der Waals surface area contributed by atoms with Crippen LogP contribution in [0.1, 0.15) is 12.0 Å². The fraction of sp³-hybridized carbons (Fsp3) is 0.118. The van der Waals surface area contributed by atoms with Crippen LogP contribution in [-0.2, 0) is 9.59 Å². The van der Waals surface area contributed by atoms with Gasteiger partial charge in [-0.05, 0) is 23.8 Å². The fourth-order valence-electron chi connectivity index (χ4n) is 1.74. The SMILES string of the molecule is O=C(C=Cc1ccccc1)NCCC(=O)Nc1ccccn1. The molecular weight excluding hydrogens is 278 g/mol. The Balaban J connectivity index is 1.68. The number of amides is 2. The lowest BCUT2D eigenvalue weighted by molar-refractivity contribution is -0.117. The van der Waals surface area contributed by atoms with Gasteiger partial charge in [-0.15, -0.1) is 0 Å². The third-order valence-corrected chi connectivity index (χ3v) is 2.81. The number of nitrogens with zero attached hydrogens (tertiary/aromatic N) is 1. The highest BCUT2D eigenvalue weighted by atomic mass is 16.2. The molecule has 1 aromatic heterocycles. The maximum atomic E-state index is 11.7. The van der Waals surface area contributed by atoms with Crippen molar-refractivity contribution < 1.29 is 9.59 Å². The van der Waals surface area contributed by atoms with Crippen molar-refractivity contribution in [3.8, 4) is 0 Å². The van der Waals surface area contributed by atoms with Crippen molar-refractivity contribution >= 4 is 23.7 Å². The topological polar surface area (TPSA) is 71.1 Å². The second kappa shape index (κ2) is 8.36. The van der Waals surface area contributed by atoms with Gasteiger partial charge in [-0.2, -0.15) is 0 Å². The molecule has 0 aliphatic carbocycles. The zero-order valence-corrected chi connectivity index (χ0v) is 12.0. The van der Waals surface area contributed by atoms with E-state index in [0.717, 1.165) is 5.56 Å². The van der Waals surface area contributed by atoms with Gasteiger partial charge in [0.2, 0.25) is 11.8 Å². The second-order valence-electron chi connectivity index (χ2n) is 4.55. The molecule has 0 bridgehead atoms. The number of pyridine rings is 1.